The van der Waals surface area contributed by atoms with Crippen LogP contribution in [0.15, 0.2) is 23.0 Å². The number of rotatable bonds is 3. The monoisotopic (exact) mass is 425 g/mol. The van der Waals surface area contributed by atoms with Crippen LogP contribution in [0.5, 0.6) is 11.5 Å². The smallest absolute Gasteiger partial charge is 0.258 e. The average molecular weight is 425 g/mol. The summed E-state index contributed by atoms with van der Waals surface area (Å²) >= 11 is 0. The molecular weight excluding hydrogens is 402 g/mol. The second-order valence-corrected chi connectivity index (χ2v) is 7.85. The maximum absolute atomic E-state index is 13.0. The number of hydrogen-bond donors (Lipinski definition) is 3. The highest BCUT2D eigenvalue weighted by Crippen LogP contribution is 2.34. The van der Waals surface area contributed by atoms with Crippen LogP contribution < -0.4 is 30.6 Å². The van der Waals surface area contributed by atoms with Gasteiger partial charge < -0.3 is 25.0 Å². The van der Waals surface area contributed by atoms with Crippen LogP contribution in [-0.2, 0) is 9.59 Å². The van der Waals surface area contributed by atoms with Crippen LogP contribution in [0, 0.1) is 0 Å². The van der Waals surface area contributed by atoms with Gasteiger partial charge in [-0.3, -0.25) is 19.4 Å². The number of hydrogen-bond acceptors (Lipinski definition) is 7. The van der Waals surface area contributed by atoms with Gasteiger partial charge in [-0.05, 0) is 31.4 Å². The Bertz CT molecular complexity index is 1090. The number of piperidine rings is 1. The van der Waals surface area contributed by atoms with E-state index in [2.05, 4.69) is 20.6 Å². The maximum atomic E-state index is 13.0. The summed E-state index contributed by atoms with van der Waals surface area (Å²) in [5, 5.41) is 5.44. The van der Waals surface area contributed by atoms with Crippen LogP contribution in [-0.4, -0.2) is 48.1 Å². The standard InChI is InChI=1S/C21H23N5O5/c27-16-11-13(19(28)22-12-4-5-14-15(10-12)31-9-8-30-14)17-18(23-16)24-21(25-20(17)29)26-6-2-1-3-7-26/h4-5,10,13H,1-3,6-9,11H2,(H,22,28)(H2,23,24,25,27,29). The van der Waals surface area contributed by atoms with Gasteiger partial charge >= 0.3 is 0 Å². The number of aromatic amines is 1. The number of fused-ring (bicyclic) bond motifs is 2. The summed E-state index contributed by atoms with van der Waals surface area (Å²) in [7, 11) is 0. The van der Waals surface area contributed by atoms with Crippen molar-refractivity contribution in [1.82, 2.24) is 9.97 Å². The predicted octanol–water partition coefficient (Wildman–Crippen LogP) is 1.60. The number of nitrogens with zero attached hydrogens (tertiary/aromatic N) is 2. The van der Waals surface area contributed by atoms with E-state index >= 15 is 0 Å². The fourth-order valence-electron chi connectivity index (χ4n) is 4.19. The minimum atomic E-state index is -0.941. The number of aromatic nitrogens is 2. The van der Waals surface area contributed by atoms with Crippen molar-refractivity contribution >= 4 is 29.3 Å². The van der Waals surface area contributed by atoms with Gasteiger partial charge in [-0.15, -0.1) is 0 Å². The molecule has 3 aliphatic heterocycles. The van der Waals surface area contributed by atoms with Gasteiger partial charge in [0.25, 0.3) is 5.56 Å². The van der Waals surface area contributed by atoms with E-state index < -0.39 is 17.4 Å². The summed E-state index contributed by atoms with van der Waals surface area (Å²) in [5.41, 5.74) is 0.263. The molecule has 3 N–H and O–H groups in total. The molecule has 0 radical (unpaired) electrons. The molecule has 1 fully saturated rings. The quantitative estimate of drug-likeness (QED) is 0.682. The molecule has 10 heteroatoms. The molecule has 10 nitrogen and oxygen atoms in total. The highest BCUT2D eigenvalue weighted by Gasteiger charge is 2.35. The minimum Gasteiger partial charge on any atom is -0.486 e. The Morgan fingerprint density at radius 1 is 1.10 bits per heavy atom. The minimum absolute atomic E-state index is 0.128. The average Bonchev–Trinajstić information content (AvgIpc) is 2.78. The second-order valence-electron chi connectivity index (χ2n) is 7.85. The predicted molar refractivity (Wildman–Crippen MR) is 113 cm³/mol. The van der Waals surface area contributed by atoms with E-state index in [0.717, 1.165) is 32.4 Å². The topological polar surface area (TPSA) is 126 Å². The zero-order chi connectivity index (χ0) is 21.4. The zero-order valence-electron chi connectivity index (χ0n) is 16.9. The molecule has 1 atom stereocenters. The molecule has 162 valence electrons. The van der Waals surface area contributed by atoms with Crippen molar-refractivity contribution in [3.05, 3.63) is 34.1 Å². The first kappa shape index (κ1) is 19.4. The normalized spacial score (nSPS) is 19.9. The summed E-state index contributed by atoms with van der Waals surface area (Å²) in [4.78, 5) is 47.5. The molecule has 3 aliphatic rings. The Kier molecular flexibility index (Phi) is 4.97. The molecule has 1 aromatic carbocycles. The van der Waals surface area contributed by atoms with Gasteiger partial charge in [-0.25, -0.2) is 0 Å². The largest absolute Gasteiger partial charge is 0.486 e. The summed E-state index contributed by atoms with van der Waals surface area (Å²) in [6, 6.07) is 5.07. The fraction of sp³-hybridized carbons (Fsp3) is 0.429. The van der Waals surface area contributed by atoms with Crippen LogP contribution in [0.25, 0.3) is 0 Å². The molecule has 0 spiro atoms. The molecule has 31 heavy (non-hydrogen) atoms. The van der Waals surface area contributed by atoms with Crippen LogP contribution >= 0.6 is 0 Å². The van der Waals surface area contributed by atoms with Gasteiger partial charge in [-0.1, -0.05) is 0 Å². The SMILES string of the molecule is O=C1CC(C(=O)Nc2ccc3c(c2)OCCO3)c2c(nc(N3CCCCC3)[nH]c2=O)N1. The number of amides is 2. The summed E-state index contributed by atoms with van der Waals surface area (Å²) in [6.45, 7) is 2.50. The third kappa shape index (κ3) is 3.80. The van der Waals surface area contributed by atoms with Crippen molar-refractivity contribution in [2.45, 2.75) is 31.6 Å². The molecule has 0 bridgehead atoms. The van der Waals surface area contributed by atoms with E-state index in [1.807, 2.05) is 4.90 Å². The van der Waals surface area contributed by atoms with Gasteiger partial charge in [0, 0.05) is 31.3 Å². The molecule has 1 saturated heterocycles. The van der Waals surface area contributed by atoms with E-state index in [9.17, 15) is 14.4 Å². The number of benzene rings is 1. The molecule has 0 saturated carbocycles. The first-order valence-corrected chi connectivity index (χ1v) is 10.5. The van der Waals surface area contributed by atoms with E-state index in [4.69, 9.17) is 9.47 Å². The Hall–Kier alpha value is -3.56. The number of nitrogens with one attached hydrogen (secondary N) is 3. The lowest BCUT2D eigenvalue weighted by atomic mass is 9.92. The third-order valence-electron chi connectivity index (χ3n) is 5.72. The van der Waals surface area contributed by atoms with Crippen molar-refractivity contribution in [2.75, 3.05) is 41.8 Å². The number of carbonyl (C=O) groups is 2. The molecule has 1 unspecified atom stereocenters. The van der Waals surface area contributed by atoms with Gasteiger partial charge in [0.1, 0.15) is 19.0 Å². The van der Waals surface area contributed by atoms with Gasteiger partial charge in [0.05, 0.1) is 11.5 Å². The van der Waals surface area contributed by atoms with Crippen molar-refractivity contribution in [2.24, 2.45) is 0 Å². The second kappa shape index (κ2) is 7.93. The number of H-pyrrole nitrogens is 1. The lowest BCUT2D eigenvalue weighted by molar-refractivity contribution is -0.123. The summed E-state index contributed by atoms with van der Waals surface area (Å²) in [5.74, 6) is -0.0134. The first-order valence-electron chi connectivity index (χ1n) is 10.5. The van der Waals surface area contributed by atoms with Crippen LogP contribution in [0.3, 0.4) is 0 Å². The van der Waals surface area contributed by atoms with Crippen molar-refractivity contribution in [3.8, 4) is 11.5 Å². The van der Waals surface area contributed by atoms with Crippen LogP contribution in [0.2, 0.25) is 0 Å². The van der Waals surface area contributed by atoms with Crippen LogP contribution in [0.4, 0.5) is 17.5 Å². The van der Waals surface area contributed by atoms with E-state index in [1.54, 1.807) is 18.2 Å². The third-order valence-corrected chi connectivity index (χ3v) is 5.72. The fourth-order valence-corrected chi connectivity index (χ4v) is 4.19. The number of ether oxygens (including phenoxy) is 2. The van der Waals surface area contributed by atoms with Gasteiger partial charge in [0.15, 0.2) is 11.5 Å². The van der Waals surface area contributed by atoms with Crippen molar-refractivity contribution < 1.29 is 19.1 Å². The molecule has 2 aromatic rings. The van der Waals surface area contributed by atoms with Crippen molar-refractivity contribution in [3.63, 3.8) is 0 Å². The van der Waals surface area contributed by atoms with Crippen LogP contribution in [0.1, 0.15) is 37.2 Å². The van der Waals surface area contributed by atoms with Crippen molar-refractivity contribution in [1.29, 1.82) is 0 Å². The molecule has 4 heterocycles. The highest BCUT2D eigenvalue weighted by atomic mass is 16.6. The Balaban J connectivity index is 1.42. The number of anilines is 3. The maximum Gasteiger partial charge on any atom is 0.258 e. The number of carbonyl (C=O) groups excluding carboxylic acids is 2. The van der Waals surface area contributed by atoms with E-state index in [1.165, 1.54) is 0 Å². The zero-order valence-corrected chi connectivity index (χ0v) is 16.9. The molecule has 5 rings (SSSR count). The molecule has 1 aromatic heterocycles. The molecule has 2 amide bonds. The highest BCUT2D eigenvalue weighted by molar-refractivity contribution is 6.04. The Morgan fingerprint density at radius 2 is 1.87 bits per heavy atom. The van der Waals surface area contributed by atoms with Gasteiger partial charge in [-0.2, -0.15) is 4.98 Å². The Morgan fingerprint density at radius 3 is 2.68 bits per heavy atom. The lowest BCUT2D eigenvalue weighted by Crippen LogP contribution is -2.38. The van der Waals surface area contributed by atoms with E-state index in [-0.39, 0.29) is 23.7 Å². The lowest BCUT2D eigenvalue weighted by Gasteiger charge is -2.29. The van der Waals surface area contributed by atoms with Gasteiger partial charge in [0.2, 0.25) is 17.8 Å². The molecular formula is C21H23N5O5. The van der Waals surface area contributed by atoms with E-state index in [0.29, 0.717) is 36.3 Å². The Labute approximate surface area is 177 Å². The molecule has 0 aliphatic carbocycles. The summed E-state index contributed by atoms with van der Waals surface area (Å²) in [6.07, 6.45) is 3.06. The summed E-state index contributed by atoms with van der Waals surface area (Å²) < 4.78 is 11.0. The first-order chi connectivity index (χ1) is 15.1.